The number of anilines is 1. The van der Waals surface area contributed by atoms with Gasteiger partial charge in [-0.25, -0.2) is 14.8 Å². The summed E-state index contributed by atoms with van der Waals surface area (Å²) in [6.07, 6.45) is 4.60. The van der Waals surface area contributed by atoms with Crippen LogP contribution in [0.2, 0.25) is 0 Å². The summed E-state index contributed by atoms with van der Waals surface area (Å²) >= 11 is 1.35. The summed E-state index contributed by atoms with van der Waals surface area (Å²) in [5, 5.41) is 3.08. The Kier molecular flexibility index (Phi) is 4.47. The van der Waals surface area contributed by atoms with Gasteiger partial charge in [-0.05, 0) is 6.92 Å². The molecule has 120 valence electrons. The first kappa shape index (κ1) is 15.3. The van der Waals surface area contributed by atoms with Crippen LogP contribution in [0.3, 0.4) is 0 Å². The van der Waals surface area contributed by atoms with Crippen LogP contribution >= 0.6 is 11.3 Å². The zero-order chi connectivity index (χ0) is 16.2. The van der Waals surface area contributed by atoms with E-state index < -0.39 is 6.09 Å². The second-order valence-electron chi connectivity index (χ2n) is 4.80. The lowest BCUT2D eigenvalue weighted by Gasteiger charge is -2.25. The number of carbonyl (C=O) groups excluding carboxylic acids is 2. The maximum Gasteiger partial charge on any atom is 0.413 e. The third-order valence-electron chi connectivity index (χ3n) is 3.29. The standard InChI is InChI=1S/C14H15N5O3S/c1-2-22-14(21)18-13-17-9-3-6-19(8-11(9)23-13)12(20)10-7-15-4-5-16-10/h4-5,7H,2-3,6,8H2,1H3,(H,17,18,21). The lowest BCUT2D eigenvalue weighted by atomic mass is 10.1. The number of thiazole rings is 1. The number of aromatic nitrogens is 3. The quantitative estimate of drug-likeness (QED) is 0.918. The maximum absolute atomic E-state index is 12.4. The topological polar surface area (TPSA) is 97.3 Å². The molecule has 1 aliphatic heterocycles. The van der Waals surface area contributed by atoms with E-state index >= 15 is 0 Å². The summed E-state index contributed by atoms with van der Waals surface area (Å²) in [5.41, 5.74) is 1.23. The monoisotopic (exact) mass is 333 g/mol. The van der Waals surface area contributed by atoms with Crippen molar-refractivity contribution in [3.05, 3.63) is 34.9 Å². The van der Waals surface area contributed by atoms with Gasteiger partial charge in [0.1, 0.15) is 5.69 Å². The summed E-state index contributed by atoms with van der Waals surface area (Å²) in [7, 11) is 0. The molecule has 0 atom stereocenters. The van der Waals surface area contributed by atoms with E-state index in [4.69, 9.17) is 4.74 Å². The van der Waals surface area contributed by atoms with Gasteiger partial charge >= 0.3 is 6.09 Å². The largest absolute Gasteiger partial charge is 0.450 e. The Balaban J connectivity index is 1.70. The van der Waals surface area contributed by atoms with Crippen LogP contribution in [0.5, 0.6) is 0 Å². The first-order valence-corrected chi connectivity index (χ1v) is 7.96. The van der Waals surface area contributed by atoms with E-state index in [2.05, 4.69) is 20.3 Å². The van der Waals surface area contributed by atoms with E-state index in [0.717, 1.165) is 10.6 Å². The Hall–Kier alpha value is -2.55. The van der Waals surface area contributed by atoms with Crippen LogP contribution in [-0.4, -0.2) is 45.0 Å². The second kappa shape index (κ2) is 6.69. The maximum atomic E-state index is 12.4. The number of hydrogen-bond acceptors (Lipinski definition) is 7. The molecule has 23 heavy (non-hydrogen) atoms. The highest BCUT2D eigenvalue weighted by Gasteiger charge is 2.26. The van der Waals surface area contributed by atoms with Crippen molar-refractivity contribution in [2.45, 2.75) is 19.9 Å². The number of fused-ring (bicyclic) bond motifs is 1. The Labute approximate surface area is 136 Å². The summed E-state index contributed by atoms with van der Waals surface area (Å²) in [6, 6.07) is 0. The smallest absolute Gasteiger partial charge is 0.413 e. The van der Waals surface area contributed by atoms with Gasteiger partial charge in [0.25, 0.3) is 5.91 Å². The number of hydrogen-bond donors (Lipinski definition) is 1. The van der Waals surface area contributed by atoms with Gasteiger partial charge in [-0.2, -0.15) is 0 Å². The van der Waals surface area contributed by atoms with Crippen LogP contribution in [0.15, 0.2) is 18.6 Å². The van der Waals surface area contributed by atoms with Gasteiger partial charge in [0, 0.05) is 30.2 Å². The fourth-order valence-electron chi connectivity index (χ4n) is 2.25. The minimum absolute atomic E-state index is 0.156. The van der Waals surface area contributed by atoms with Crippen LogP contribution in [0, 0.1) is 0 Å². The molecule has 0 bridgehead atoms. The molecule has 2 aromatic heterocycles. The number of nitrogens with zero attached hydrogens (tertiary/aromatic N) is 4. The minimum atomic E-state index is -0.522. The molecular weight excluding hydrogens is 318 g/mol. The normalized spacial score (nSPS) is 13.3. The molecule has 0 fully saturated rings. The van der Waals surface area contributed by atoms with Gasteiger partial charge in [0.15, 0.2) is 5.13 Å². The van der Waals surface area contributed by atoms with Crippen LogP contribution in [0.4, 0.5) is 9.93 Å². The van der Waals surface area contributed by atoms with Crippen molar-refractivity contribution in [1.82, 2.24) is 19.9 Å². The summed E-state index contributed by atoms with van der Waals surface area (Å²) in [6.45, 7) is 3.05. The van der Waals surface area contributed by atoms with Crippen molar-refractivity contribution in [3.63, 3.8) is 0 Å². The average molecular weight is 333 g/mol. The third kappa shape index (κ3) is 3.45. The van der Waals surface area contributed by atoms with Gasteiger partial charge < -0.3 is 9.64 Å². The number of amides is 2. The van der Waals surface area contributed by atoms with Crippen LogP contribution in [0.1, 0.15) is 28.0 Å². The number of carbonyl (C=O) groups is 2. The van der Waals surface area contributed by atoms with E-state index in [9.17, 15) is 9.59 Å². The molecule has 0 unspecified atom stereocenters. The van der Waals surface area contributed by atoms with E-state index in [1.807, 2.05) is 0 Å². The fraction of sp³-hybridized carbons (Fsp3) is 0.357. The van der Waals surface area contributed by atoms with Crippen molar-refractivity contribution in [3.8, 4) is 0 Å². The van der Waals surface area contributed by atoms with Crippen molar-refractivity contribution in [2.75, 3.05) is 18.5 Å². The molecule has 0 spiro atoms. The van der Waals surface area contributed by atoms with E-state index in [1.54, 1.807) is 11.8 Å². The predicted molar refractivity (Wildman–Crippen MR) is 83.2 cm³/mol. The Bertz CT molecular complexity index is 718. The van der Waals surface area contributed by atoms with E-state index in [1.165, 1.54) is 29.9 Å². The van der Waals surface area contributed by atoms with E-state index in [0.29, 0.717) is 36.9 Å². The molecule has 3 rings (SSSR count). The Morgan fingerprint density at radius 3 is 3.04 bits per heavy atom. The zero-order valence-electron chi connectivity index (χ0n) is 12.5. The van der Waals surface area contributed by atoms with Gasteiger partial charge in [-0.1, -0.05) is 11.3 Å². The number of ether oxygens (including phenoxy) is 1. The molecule has 0 aliphatic carbocycles. The molecular formula is C14H15N5O3S. The van der Waals surface area contributed by atoms with Crippen molar-refractivity contribution >= 4 is 28.5 Å². The van der Waals surface area contributed by atoms with Crippen LogP contribution in [-0.2, 0) is 17.7 Å². The number of nitrogens with one attached hydrogen (secondary N) is 1. The molecule has 8 nitrogen and oxygen atoms in total. The second-order valence-corrected chi connectivity index (χ2v) is 5.89. The van der Waals surface area contributed by atoms with E-state index in [-0.39, 0.29) is 5.91 Å². The predicted octanol–water partition coefficient (Wildman–Crippen LogP) is 1.70. The van der Waals surface area contributed by atoms with Crippen LogP contribution < -0.4 is 5.32 Å². The summed E-state index contributed by atoms with van der Waals surface area (Å²) < 4.78 is 4.83. The Morgan fingerprint density at radius 2 is 2.30 bits per heavy atom. The minimum Gasteiger partial charge on any atom is -0.450 e. The fourth-order valence-corrected chi connectivity index (χ4v) is 3.26. The highest BCUT2D eigenvalue weighted by Crippen LogP contribution is 2.28. The molecule has 1 aliphatic rings. The van der Waals surface area contributed by atoms with Gasteiger partial charge in [0.05, 0.1) is 25.0 Å². The van der Waals surface area contributed by atoms with Gasteiger partial charge in [0.2, 0.25) is 0 Å². The average Bonchev–Trinajstić information content (AvgIpc) is 2.96. The first-order valence-electron chi connectivity index (χ1n) is 7.15. The van der Waals surface area contributed by atoms with Gasteiger partial charge in [-0.3, -0.25) is 15.1 Å². The highest BCUT2D eigenvalue weighted by molar-refractivity contribution is 7.15. The molecule has 2 aromatic rings. The molecule has 9 heteroatoms. The van der Waals surface area contributed by atoms with Crippen molar-refractivity contribution in [2.24, 2.45) is 0 Å². The first-order chi connectivity index (χ1) is 11.2. The third-order valence-corrected chi connectivity index (χ3v) is 4.28. The SMILES string of the molecule is CCOC(=O)Nc1nc2c(s1)CN(C(=O)c1cnccn1)CC2. The van der Waals surface area contributed by atoms with Crippen molar-refractivity contribution in [1.29, 1.82) is 0 Å². The Morgan fingerprint density at radius 1 is 1.43 bits per heavy atom. The molecule has 3 heterocycles. The molecule has 0 saturated carbocycles. The molecule has 0 saturated heterocycles. The molecule has 0 aromatic carbocycles. The van der Waals surface area contributed by atoms with Crippen molar-refractivity contribution < 1.29 is 14.3 Å². The summed E-state index contributed by atoms with van der Waals surface area (Å²) in [4.78, 5) is 38.8. The van der Waals surface area contributed by atoms with Gasteiger partial charge in [-0.15, -0.1) is 0 Å². The number of rotatable bonds is 3. The molecule has 1 N–H and O–H groups in total. The molecule has 0 radical (unpaired) electrons. The molecule has 2 amide bonds. The lowest BCUT2D eigenvalue weighted by molar-refractivity contribution is 0.0729. The lowest BCUT2D eigenvalue weighted by Crippen LogP contribution is -2.36. The zero-order valence-corrected chi connectivity index (χ0v) is 13.3. The summed E-state index contributed by atoms with van der Waals surface area (Å²) in [5.74, 6) is -0.156. The highest BCUT2D eigenvalue weighted by atomic mass is 32.1. The van der Waals surface area contributed by atoms with Crippen LogP contribution in [0.25, 0.3) is 0 Å².